The zero-order valence-electron chi connectivity index (χ0n) is 10.0. The molecule has 2 heterocycles. The van der Waals surface area contributed by atoms with Crippen LogP contribution in [0, 0.1) is 0 Å². The van der Waals surface area contributed by atoms with E-state index in [-0.39, 0.29) is 24.7 Å². The number of hydrogen-bond donors (Lipinski definition) is 1. The zero-order chi connectivity index (χ0) is 13.1. The lowest BCUT2D eigenvalue weighted by molar-refractivity contribution is -0.0667. The fraction of sp³-hybridized carbons (Fsp3) is 0.500. The Balaban J connectivity index is 2.19. The first kappa shape index (κ1) is 13.5. The van der Waals surface area contributed by atoms with Gasteiger partial charge < -0.3 is 14.7 Å². The second-order valence-corrected chi connectivity index (χ2v) is 5.04. The van der Waals surface area contributed by atoms with E-state index in [4.69, 9.17) is 9.84 Å². The molecule has 1 aliphatic heterocycles. The van der Waals surface area contributed by atoms with Crippen molar-refractivity contribution >= 4 is 21.8 Å². The number of carbonyl (C=O) groups excluding carboxylic acids is 1. The molecule has 18 heavy (non-hydrogen) atoms. The Morgan fingerprint density at radius 2 is 2.50 bits per heavy atom. The predicted octanol–water partition coefficient (Wildman–Crippen LogP) is 1.07. The van der Waals surface area contributed by atoms with E-state index in [0.29, 0.717) is 23.3 Å². The minimum atomic E-state index is -0.305. The minimum Gasteiger partial charge on any atom is -0.394 e. The summed E-state index contributed by atoms with van der Waals surface area (Å²) in [7, 11) is 0. The second-order valence-electron chi connectivity index (χ2n) is 4.29. The lowest BCUT2D eigenvalue weighted by Crippen LogP contribution is -2.52. The normalized spacial score (nSPS) is 24.1. The van der Waals surface area contributed by atoms with Gasteiger partial charge in [0, 0.05) is 12.7 Å². The molecule has 2 rings (SSSR count). The molecule has 2 unspecified atom stereocenters. The Labute approximate surface area is 114 Å². The summed E-state index contributed by atoms with van der Waals surface area (Å²) in [6.45, 7) is 2.69. The first-order valence-electron chi connectivity index (χ1n) is 5.77. The van der Waals surface area contributed by atoms with Crippen LogP contribution in [0.3, 0.4) is 0 Å². The number of pyridine rings is 1. The number of aromatic nitrogens is 1. The van der Waals surface area contributed by atoms with Crippen LogP contribution in [0.5, 0.6) is 0 Å². The molecule has 6 heteroatoms. The van der Waals surface area contributed by atoms with E-state index in [1.807, 2.05) is 6.92 Å². The molecule has 5 nitrogen and oxygen atoms in total. The van der Waals surface area contributed by atoms with Crippen molar-refractivity contribution in [3.05, 3.63) is 28.5 Å². The summed E-state index contributed by atoms with van der Waals surface area (Å²) in [4.78, 5) is 18.2. The first-order valence-corrected chi connectivity index (χ1v) is 6.56. The molecule has 0 spiro atoms. The summed E-state index contributed by atoms with van der Waals surface area (Å²) in [5, 5.41) is 9.12. The average Bonchev–Trinajstić information content (AvgIpc) is 2.39. The molecule has 0 aromatic carbocycles. The van der Waals surface area contributed by atoms with E-state index >= 15 is 0 Å². The molecule has 1 N–H and O–H groups in total. The highest BCUT2D eigenvalue weighted by Crippen LogP contribution is 2.19. The zero-order valence-corrected chi connectivity index (χ0v) is 11.6. The lowest BCUT2D eigenvalue weighted by Gasteiger charge is -2.37. The Kier molecular flexibility index (Phi) is 4.31. The van der Waals surface area contributed by atoms with Crippen LogP contribution in [-0.2, 0) is 4.74 Å². The summed E-state index contributed by atoms with van der Waals surface area (Å²) in [5.41, 5.74) is 0.530. The van der Waals surface area contributed by atoms with E-state index in [9.17, 15) is 4.79 Å². The minimum absolute atomic E-state index is 0.00703. The van der Waals surface area contributed by atoms with Crippen molar-refractivity contribution in [3.63, 3.8) is 0 Å². The number of morpholine rings is 1. The first-order chi connectivity index (χ1) is 8.63. The molecule has 1 amide bonds. The van der Waals surface area contributed by atoms with Crippen molar-refractivity contribution in [2.24, 2.45) is 0 Å². The van der Waals surface area contributed by atoms with Crippen LogP contribution in [0.1, 0.15) is 17.3 Å². The largest absolute Gasteiger partial charge is 0.394 e. The van der Waals surface area contributed by atoms with Gasteiger partial charge in [-0.2, -0.15) is 0 Å². The monoisotopic (exact) mass is 314 g/mol. The van der Waals surface area contributed by atoms with Crippen molar-refractivity contribution in [2.75, 3.05) is 19.8 Å². The second kappa shape index (κ2) is 5.77. The fourth-order valence-electron chi connectivity index (χ4n) is 1.91. The van der Waals surface area contributed by atoms with E-state index in [1.165, 1.54) is 0 Å². The van der Waals surface area contributed by atoms with Gasteiger partial charge in [0.2, 0.25) is 0 Å². The number of amides is 1. The van der Waals surface area contributed by atoms with Crippen LogP contribution in [0.2, 0.25) is 0 Å². The van der Waals surface area contributed by atoms with Gasteiger partial charge in [-0.15, -0.1) is 0 Å². The molecule has 1 aromatic rings. The topological polar surface area (TPSA) is 62.7 Å². The quantitative estimate of drug-likeness (QED) is 0.829. The fourth-order valence-corrected chi connectivity index (χ4v) is 2.33. The maximum absolute atomic E-state index is 12.4. The van der Waals surface area contributed by atoms with Gasteiger partial charge in [-0.1, -0.05) is 0 Å². The molecule has 1 aromatic heterocycles. The molecule has 0 aliphatic carbocycles. The highest BCUT2D eigenvalue weighted by molar-refractivity contribution is 9.10. The summed E-state index contributed by atoms with van der Waals surface area (Å²) < 4.78 is 5.95. The number of halogens is 1. The lowest BCUT2D eigenvalue weighted by atomic mass is 10.1. The standard InChI is InChI=1S/C12H15BrN2O3/c1-8-7-18-9(6-16)5-15(8)12(17)10-3-2-4-14-11(10)13/h2-4,8-9,16H,5-7H2,1H3. The molecule has 1 saturated heterocycles. The summed E-state index contributed by atoms with van der Waals surface area (Å²) >= 11 is 3.28. The van der Waals surface area contributed by atoms with E-state index in [0.717, 1.165) is 0 Å². The third-order valence-corrected chi connectivity index (χ3v) is 3.59. The predicted molar refractivity (Wildman–Crippen MR) is 69.3 cm³/mol. The Bertz CT molecular complexity index is 441. The van der Waals surface area contributed by atoms with Crippen molar-refractivity contribution < 1.29 is 14.6 Å². The smallest absolute Gasteiger partial charge is 0.257 e. The van der Waals surface area contributed by atoms with Gasteiger partial charge in [0.15, 0.2) is 0 Å². The Morgan fingerprint density at radius 3 is 3.17 bits per heavy atom. The van der Waals surface area contributed by atoms with Gasteiger partial charge in [-0.3, -0.25) is 4.79 Å². The maximum Gasteiger partial charge on any atom is 0.257 e. The van der Waals surface area contributed by atoms with Gasteiger partial charge in [0.05, 0.1) is 30.9 Å². The number of hydrogen-bond acceptors (Lipinski definition) is 4. The van der Waals surface area contributed by atoms with Crippen LogP contribution in [0.25, 0.3) is 0 Å². The van der Waals surface area contributed by atoms with Crippen LogP contribution < -0.4 is 0 Å². The van der Waals surface area contributed by atoms with Crippen LogP contribution in [-0.4, -0.2) is 52.8 Å². The number of carbonyl (C=O) groups is 1. The van der Waals surface area contributed by atoms with Gasteiger partial charge in [0.1, 0.15) is 4.60 Å². The Morgan fingerprint density at radius 1 is 1.72 bits per heavy atom. The maximum atomic E-state index is 12.4. The number of rotatable bonds is 2. The summed E-state index contributed by atoms with van der Waals surface area (Å²) in [6, 6.07) is 3.45. The number of nitrogens with zero attached hydrogens (tertiary/aromatic N) is 2. The van der Waals surface area contributed by atoms with Gasteiger partial charge >= 0.3 is 0 Å². The molecular weight excluding hydrogens is 300 g/mol. The van der Waals surface area contributed by atoms with Crippen molar-refractivity contribution in [2.45, 2.75) is 19.1 Å². The SMILES string of the molecule is CC1COC(CO)CN1C(=O)c1cccnc1Br. The van der Waals surface area contributed by atoms with Gasteiger partial charge in [-0.25, -0.2) is 4.98 Å². The van der Waals surface area contributed by atoms with E-state index in [2.05, 4.69) is 20.9 Å². The van der Waals surface area contributed by atoms with Gasteiger partial charge in [-0.05, 0) is 35.0 Å². The van der Waals surface area contributed by atoms with E-state index < -0.39 is 0 Å². The number of ether oxygens (including phenoxy) is 1. The molecule has 98 valence electrons. The van der Waals surface area contributed by atoms with Crippen molar-refractivity contribution in [3.8, 4) is 0 Å². The average molecular weight is 315 g/mol. The van der Waals surface area contributed by atoms with Crippen molar-refractivity contribution in [1.29, 1.82) is 0 Å². The van der Waals surface area contributed by atoms with Crippen molar-refractivity contribution in [1.82, 2.24) is 9.88 Å². The third kappa shape index (κ3) is 2.71. The molecular formula is C12H15BrN2O3. The highest BCUT2D eigenvalue weighted by atomic mass is 79.9. The molecule has 2 atom stereocenters. The highest BCUT2D eigenvalue weighted by Gasteiger charge is 2.30. The summed E-state index contributed by atoms with van der Waals surface area (Å²) in [6.07, 6.45) is 1.32. The van der Waals surface area contributed by atoms with Crippen LogP contribution >= 0.6 is 15.9 Å². The number of aliphatic hydroxyl groups excluding tert-OH is 1. The van der Waals surface area contributed by atoms with Crippen LogP contribution in [0.15, 0.2) is 22.9 Å². The number of aliphatic hydroxyl groups is 1. The molecule has 1 aliphatic rings. The Hall–Kier alpha value is -0.980. The molecule has 0 bridgehead atoms. The summed E-state index contributed by atoms with van der Waals surface area (Å²) in [5.74, 6) is -0.0933. The van der Waals surface area contributed by atoms with E-state index in [1.54, 1.807) is 23.2 Å². The molecule has 1 fully saturated rings. The molecule has 0 saturated carbocycles. The third-order valence-electron chi connectivity index (χ3n) is 2.96. The van der Waals surface area contributed by atoms with Crippen LogP contribution in [0.4, 0.5) is 0 Å². The van der Waals surface area contributed by atoms with Gasteiger partial charge in [0.25, 0.3) is 5.91 Å². The molecule has 0 radical (unpaired) electrons.